The maximum Gasteiger partial charge on any atom is 0.0309 e. The van der Waals surface area contributed by atoms with E-state index in [0.29, 0.717) is 17.6 Å². The molecule has 2 atom stereocenters. The molecule has 0 bridgehead atoms. The van der Waals surface area contributed by atoms with E-state index in [1.807, 2.05) is 11.3 Å². The Bertz CT molecular complexity index is 462. The second kappa shape index (κ2) is 6.39. The van der Waals surface area contributed by atoms with Crippen molar-refractivity contribution in [2.75, 3.05) is 13.1 Å². The molecule has 3 heteroatoms. The summed E-state index contributed by atoms with van der Waals surface area (Å²) in [5.74, 6) is 0. The highest BCUT2D eigenvalue weighted by molar-refractivity contribution is 7.11. The molecule has 21 heavy (non-hydrogen) atoms. The lowest BCUT2D eigenvalue weighted by atomic mass is 9.79. The number of hydrogen-bond acceptors (Lipinski definition) is 3. The molecule has 1 aliphatic heterocycles. The molecule has 1 saturated heterocycles. The minimum Gasteiger partial charge on any atom is -0.308 e. The van der Waals surface area contributed by atoms with Crippen LogP contribution in [-0.2, 0) is 6.42 Å². The Morgan fingerprint density at radius 2 is 2.10 bits per heavy atom. The Kier molecular flexibility index (Phi) is 4.72. The van der Waals surface area contributed by atoms with E-state index in [1.165, 1.54) is 49.9 Å². The van der Waals surface area contributed by atoms with E-state index in [0.717, 1.165) is 6.54 Å². The Labute approximate surface area is 133 Å². The predicted molar refractivity (Wildman–Crippen MR) is 92.2 cm³/mol. The summed E-state index contributed by atoms with van der Waals surface area (Å²) >= 11 is 1.97. The first-order valence-corrected chi connectivity index (χ1v) is 9.46. The molecule has 2 nitrogen and oxygen atoms in total. The van der Waals surface area contributed by atoms with Gasteiger partial charge in [-0.3, -0.25) is 4.90 Å². The predicted octanol–water partition coefficient (Wildman–Crippen LogP) is 3.98. The van der Waals surface area contributed by atoms with Crippen LogP contribution in [0.5, 0.6) is 0 Å². The van der Waals surface area contributed by atoms with Crippen LogP contribution in [0.15, 0.2) is 12.1 Å². The summed E-state index contributed by atoms with van der Waals surface area (Å²) in [5, 5.41) is 3.90. The zero-order valence-electron chi connectivity index (χ0n) is 13.8. The molecule has 3 rings (SSSR count). The fraction of sp³-hybridized carbons (Fsp3) is 0.778. The van der Waals surface area contributed by atoms with Crippen molar-refractivity contribution < 1.29 is 0 Å². The number of aryl methyl sites for hydroxylation is 1. The summed E-state index contributed by atoms with van der Waals surface area (Å²) in [7, 11) is 0. The summed E-state index contributed by atoms with van der Waals surface area (Å²) in [5.41, 5.74) is 0.421. The van der Waals surface area contributed by atoms with Crippen LogP contribution in [0.2, 0.25) is 0 Å². The van der Waals surface area contributed by atoms with Gasteiger partial charge in [-0.05, 0) is 52.2 Å². The van der Waals surface area contributed by atoms with Crippen LogP contribution in [0.4, 0.5) is 0 Å². The van der Waals surface area contributed by atoms with Gasteiger partial charge in [0.05, 0.1) is 0 Å². The Morgan fingerprint density at radius 3 is 2.76 bits per heavy atom. The lowest BCUT2D eigenvalue weighted by molar-refractivity contribution is 0.0363. The van der Waals surface area contributed by atoms with Crippen molar-refractivity contribution >= 4 is 11.3 Å². The highest BCUT2D eigenvalue weighted by Gasteiger charge is 2.39. The third-order valence-corrected chi connectivity index (χ3v) is 6.52. The maximum atomic E-state index is 3.90. The van der Waals surface area contributed by atoms with Gasteiger partial charge >= 0.3 is 0 Å². The van der Waals surface area contributed by atoms with E-state index in [-0.39, 0.29) is 0 Å². The molecule has 1 saturated carbocycles. The van der Waals surface area contributed by atoms with Crippen molar-refractivity contribution in [3.05, 3.63) is 21.9 Å². The van der Waals surface area contributed by atoms with Crippen LogP contribution in [0.25, 0.3) is 0 Å². The molecule has 1 aliphatic carbocycles. The van der Waals surface area contributed by atoms with E-state index in [9.17, 15) is 0 Å². The highest BCUT2D eigenvalue weighted by Crippen LogP contribution is 2.33. The molecule has 2 unspecified atom stereocenters. The van der Waals surface area contributed by atoms with Crippen molar-refractivity contribution in [1.29, 1.82) is 0 Å². The fourth-order valence-corrected chi connectivity index (χ4v) is 5.21. The van der Waals surface area contributed by atoms with Gasteiger partial charge in [0.1, 0.15) is 0 Å². The maximum absolute atomic E-state index is 3.90. The molecule has 2 fully saturated rings. The van der Waals surface area contributed by atoms with Crippen molar-refractivity contribution in [3.8, 4) is 0 Å². The largest absolute Gasteiger partial charge is 0.308 e. The van der Waals surface area contributed by atoms with Gasteiger partial charge < -0.3 is 5.32 Å². The molecule has 1 aromatic rings. The zero-order chi connectivity index (χ0) is 14.9. The van der Waals surface area contributed by atoms with Crippen molar-refractivity contribution in [2.45, 2.75) is 76.9 Å². The van der Waals surface area contributed by atoms with Crippen LogP contribution in [-0.4, -0.2) is 35.6 Å². The van der Waals surface area contributed by atoms with E-state index in [2.05, 4.69) is 43.1 Å². The molecule has 0 aromatic carbocycles. The molecule has 2 aliphatic rings. The molecule has 1 aromatic heterocycles. The molecular weight excluding hydrogens is 276 g/mol. The van der Waals surface area contributed by atoms with Gasteiger partial charge in [-0.15, -0.1) is 11.3 Å². The Balaban J connectivity index is 1.66. The summed E-state index contributed by atoms with van der Waals surface area (Å²) < 4.78 is 0. The first-order chi connectivity index (χ1) is 10.1. The topological polar surface area (TPSA) is 15.3 Å². The quantitative estimate of drug-likeness (QED) is 0.908. The van der Waals surface area contributed by atoms with E-state index < -0.39 is 0 Å². The van der Waals surface area contributed by atoms with Gasteiger partial charge in [0, 0.05) is 40.5 Å². The molecule has 2 heterocycles. The number of piperazine rings is 1. The van der Waals surface area contributed by atoms with Crippen molar-refractivity contribution in [1.82, 2.24) is 10.2 Å². The van der Waals surface area contributed by atoms with Gasteiger partial charge in [0.15, 0.2) is 0 Å². The van der Waals surface area contributed by atoms with E-state index >= 15 is 0 Å². The van der Waals surface area contributed by atoms with Crippen LogP contribution in [0.3, 0.4) is 0 Å². The van der Waals surface area contributed by atoms with Gasteiger partial charge in [-0.25, -0.2) is 0 Å². The fourth-order valence-electron chi connectivity index (χ4n) is 4.20. The average molecular weight is 307 g/mol. The third-order valence-electron chi connectivity index (χ3n) is 5.49. The molecule has 0 amide bonds. The van der Waals surface area contributed by atoms with E-state index in [4.69, 9.17) is 0 Å². The molecule has 1 N–H and O–H groups in total. The molecule has 1 spiro atoms. The second-order valence-electron chi connectivity index (χ2n) is 7.31. The van der Waals surface area contributed by atoms with Gasteiger partial charge in [-0.1, -0.05) is 19.3 Å². The summed E-state index contributed by atoms with van der Waals surface area (Å²) in [6.07, 6.45) is 8.21. The van der Waals surface area contributed by atoms with Gasteiger partial charge in [-0.2, -0.15) is 0 Å². The second-order valence-corrected chi connectivity index (χ2v) is 8.68. The van der Waals surface area contributed by atoms with Crippen LogP contribution < -0.4 is 5.32 Å². The van der Waals surface area contributed by atoms with Crippen LogP contribution in [0, 0.1) is 6.92 Å². The third kappa shape index (κ3) is 3.52. The minimum atomic E-state index is 0.421. The molecule has 0 radical (unpaired) electrons. The van der Waals surface area contributed by atoms with Gasteiger partial charge in [0.25, 0.3) is 0 Å². The first kappa shape index (κ1) is 15.5. The number of nitrogens with one attached hydrogen (secondary N) is 1. The summed E-state index contributed by atoms with van der Waals surface area (Å²) in [6.45, 7) is 9.43. The summed E-state index contributed by atoms with van der Waals surface area (Å²) in [6, 6.07) is 5.89. The Hall–Kier alpha value is -0.380. The first-order valence-electron chi connectivity index (χ1n) is 8.64. The molecule has 118 valence electrons. The Morgan fingerprint density at radius 1 is 1.33 bits per heavy atom. The highest BCUT2D eigenvalue weighted by atomic mass is 32.1. The lowest BCUT2D eigenvalue weighted by Crippen LogP contribution is -2.65. The number of rotatable bonds is 3. The number of nitrogens with zero attached hydrogens (tertiary/aromatic N) is 1. The number of thiophene rings is 1. The molecular formula is C18H30N2S. The normalized spacial score (nSPS) is 27.9. The number of hydrogen-bond donors (Lipinski definition) is 1. The van der Waals surface area contributed by atoms with E-state index in [1.54, 1.807) is 4.88 Å². The minimum absolute atomic E-state index is 0.421. The monoisotopic (exact) mass is 306 g/mol. The van der Waals surface area contributed by atoms with Crippen molar-refractivity contribution in [3.63, 3.8) is 0 Å². The standard InChI is InChI=1S/C18H30N2S/c1-14(11-17-8-7-16(3)21-17)20-13-18(19-12-15(20)2)9-5-4-6-10-18/h7-8,14-15,19H,4-6,9-13H2,1-3H3. The van der Waals surface area contributed by atoms with Crippen LogP contribution >= 0.6 is 11.3 Å². The smallest absolute Gasteiger partial charge is 0.0309 e. The van der Waals surface area contributed by atoms with Crippen molar-refractivity contribution in [2.24, 2.45) is 0 Å². The average Bonchev–Trinajstić information content (AvgIpc) is 2.88. The summed E-state index contributed by atoms with van der Waals surface area (Å²) in [4.78, 5) is 5.76. The zero-order valence-corrected chi connectivity index (χ0v) is 14.6. The SMILES string of the molecule is Cc1ccc(CC(C)N2CC3(CCCCC3)NCC2C)s1. The van der Waals surface area contributed by atoms with Crippen LogP contribution in [0.1, 0.15) is 55.7 Å². The van der Waals surface area contributed by atoms with Gasteiger partial charge in [0.2, 0.25) is 0 Å². The lowest BCUT2D eigenvalue weighted by Gasteiger charge is -2.51.